The first kappa shape index (κ1) is 12.3. The molecule has 1 rings (SSSR count). The lowest BCUT2D eigenvalue weighted by molar-refractivity contribution is -0.139. The van der Waals surface area contributed by atoms with E-state index in [-0.39, 0.29) is 11.6 Å². The van der Waals surface area contributed by atoms with E-state index in [1.165, 1.54) is 18.2 Å². The molecule has 0 aliphatic rings. The summed E-state index contributed by atoms with van der Waals surface area (Å²) >= 11 is 5.76. The van der Waals surface area contributed by atoms with Crippen LogP contribution in [0.1, 0.15) is 5.56 Å². The van der Waals surface area contributed by atoms with Crippen LogP contribution >= 0.6 is 11.6 Å². The molecule has 0 aromatic heterocycles. The van der Waals surface area contributed by atoms with E-state index < -0.39 is 12.0 Å². The van der Waals surface area contributed by atoms with E-state index in [0.29, 0.717) is 11.3 Å². The Labute approximate surface area is 97.0 Å². The van der Waals surface area contributed by atoms with Crippen molar-refractivity contribution >= 4 is 17.6 Å². The zero-order valence-electron chi connectivity index (χ0n) is 8.18. The smallest absolute Gasteiger partial charge is 0.324 e. The molecule has 3 N–H and O–H groups in total. The number of carbonyl (C=O) groups is 1. The van der Waals surface area contributed by atoms with Crippen molar-refractivity contribution in [2.75, 3.05) is 6.61 Å². The topological polar surface area (TPSA) is 96.3 Å². The Balaban J connectivity index is 2.66. The number of nitrogens with zero attached hydrogens (tertiary/aromatic N) is 1. The fourth-order valence-corrected chi connectivity index (χ4v) is 1.15. The molecular formula is C10H9ClN2O3. The number of hydrogen-bond acceptors (Lipinski definition) is 4. The molecule has 0 amide bonds. The number of rotatable bonds is 4. The van der Waals surface area contributed by atoms with Gasteiger partial charge in [0.15, 0.2) is 0 Å². The highest BCUT2D eigenvalue weighted by Gasteiger charge is 2.12. The monoisotopic (exact) mass is 240 g/mol. The van der Waals surface area contributed by atoms with Gasteiger partial charge in [-0.2, -0.15) is 5.26 Å². The first-order valence-corrected chi connectivity index (χ1v) is 4.73. The van der Waals surface area contributed by atoms with Crippen LogP contribution in [0.3, 0.4) is 0 Å². The minimum Gasteiger partial charge on any atom is -0.491 e. The first-order valence-electron chi connectivity index (χ1n) is 4.35. The van der Waals surface area contributed by atoms with Crippen LogP contribution in [-0.2, 0) is 4.79 Å². The zero-order valence-corrected chi connectivity index (χ0v) is 8.94. The van der Waals surface area contributed by atoms with Gasteiger partial charge in [-0.15, -0.1) is 0 Å². The van der Waals surface area contributed by atoms with E-state index in [4.69, 9.17) is 32.4 Å². The quantitative estimate of drug-likeness (QED) is 0.819. The van der Waals surface area contributed by atoms with Crippen molar-refractivity contribution in [3.05, 3.63) is 28.8 Å². The highest BCUT2D eigenvalue weighted by Crippen LogP contribution is 2.21. The molecule has 0 bridgehead atoms. The van der Waals surface area contributed by atoms with Crippen LogP contribution in [-0.4, -0.2) is 23.7 Å². The molecule has 0 fully saturated rings. The van der Waals surface area contributed by atoms with Crippen molar-refractivity contribution in [1.29, 1.82) is 5.26 Å². The first-order chi connectivity index (χ1) is 7.54. The lowest BCUT2D eigenvalue weighted by Gasteiger charge is -2.09. The molecule has 1 aromatic carbocycles. The van der Waals surface area contributed by atoms with Crippen molar-refractivity contribution in [2.24, 2.45) is 5.73 Å². The second kappa shape index (κ2) is 5.35. The molecule has 0 aliphatic carbocycles. The van der Waals surface area contributed by atoms with Gasteiger partial charge in [0.1, 0.15) is 24.5 Å². The largest absolute Gasteiger partial charge is 0.491 e. The molecule has 0 saturated heterocycles. The minimum absolute atomic E-state index is 0.155. The molecule has 0 spiro atoms. The number of hydrogen-bond donors (Lipinski definition) is 2. The summed E-state index contributed by atoms with van der Waals surface area (Å²) in [6, 6.07) is 5.27. The Kier molecular flexibility index (Phi) is 4.11. The molecular weight excluding hydrogens is 232 g/mol. The zero-order chi connectivity index (χ0) is 12.1. The maximum Gasteiger partial charge on any atom is 0.324 e. The van der Waals surface area contributed by atoms with Crippen LogP contribution in [0, 0.1) is 11.3 Å². The number of nitriles is 1. The van der Waals surface area contributed by atoms with Crippen LogP contribution in [0.4, 0.5) is 0 Å². The van der Waals surface area contributed by atoms with E-state index >= 15 is 0 Å². The van der Waals surface area contributed by atoms with Gasteiger partial charge in [-0.05, 0) is 12.1 Å². The predicted molar refractivity (Wildman–Crippen MR) is 57.3 cm³/mol. The number of nitrogens with two attached hydrogens (primary N) is 1. The third-order valence-electron chi connectivity index (χ3n) is 1.81. The summed E-state index contributed by atoms with van der Waals surface area (Å²) in [7, 11) is 0. The van der Waals surface area contributed by atoms with Crippen molar-refractivity contribution in [2.45, 2.75) is 6.04 Å². The fourth-order valence-electron chi connectivity index (χ4n) is 0.934. The Morgan fingerprint density at radius 3 is 2.88 bits per heavy atom. The van der Waals surface area contributed by atoms with E-state index in [0.717, 1.165) is 0 Å². The van der Waals surface area contributed by atoms with Crippen molar-refractivity contribution in [3.8, 4) is 11.8 Å². The van der Waals surface area contributed by atoms with Gasteiger partial charge in [0.2, 0.25) is 0 Å². The number of carboxylic acid groups (broad SMARTS) is 1. The molecule has 0 aliphatic heterocycles. The van der Waals surface area contributed by atoms with E-state index in [2.05, 4.69) is 0 Å². The third-order valence-corrected chi connectivity index (χ3v) is 2.12. The number of benzene rings is 1. The van der Waals surface area contributed by atoms with Crippen LogP contribution in [0.15, 0.2) is 18.2 Å². The second-order valence-corrected chi connectivity index (χ2v) is 3.42. The van der Waals surface area contributed by atoms with E-state index in [1.54, 1.807) is 0 Å². The summed E-state index contributed by atoms with van der Waals surface area (Å²) in [4.78, 5) is 10.4. The summed E-state index contributed by atoms with van der Waals surface area (Å²) in [5.41, 5.74) is 5.58. The Bertz CT molecular complexity index is 442. The summed E-state index contributed by atoms with van der Waals surface area (Å²) in [6.45, 7) is -0.155. The second-order valence-electron chi connectivity index (χ2n) is 3.01. The summed E-state index contributed by atoms with van der Waals surface area (Å²) < 4.78 is 5.11. The lowest BCUT2D eigenvalue weighted by Crippen LogP contribution is -2.36. The molecule has 1 atom stereocenters. The molecule has 5 nitrogen and oxygen atoms in total. The van der Waals surface area contributed by atoms with Crippen LogP contribution in [0.5, 0.6) is 5.75 Å². The Hall–Kier alpha value is -1.77. The van der Waals surface area contributed by atoms with Gasteiger partial charge in [-0.25, -0.2) is 0 Å². The van der Waals surface area contributed by atoms with Gasteiger partial charge in [-0.1, -0.05) is 11.6 Å². The standard InChI is InChI=1S/C10H9ClN2O3/c11-8-3-7(2-1-6(8)4-12)16-5-9(13)10(14)15/h1-3,9H,5,13H2,(H,14,15). The number of halogens is 1. The van der Waals surface area contributed by atoms with Crippen molar-refractivity contribution in [1.82, 2.24) is 0 Å². The molecule has 0 saturated carbocycles. The third kappa shape index (κ3) is 3.12. The van der Waals surface area contributed by atoms with Gasteiger partial charge in [0.25, 0.3) is 0 Å². The van der Waals surface area contributed by atoms with Crippen LogP contribution < -0.4 is 10.5 Å². The van der Waals surface area contributed by atoms with E-state index in [9.17, 15) is 4.79 Å². The Morgan fingerprint density at radius 1 is 1.69 bits per heavy atom. The highest BCUT2D eigenvalue weighted by molar-refractivity contribution is 6.31. The summed E-state index contributed by atoms with van der Waals surface area (Å²) in [5, 5.41) is 17.4. The average molecular weight is 241 g/mol. The molecule has 1 unspecified atom stereocenters. The van der Waals surface area contributed by atoms with Gasteiger partial charge in [-0.3, -0.25) is 4.79 Å². The maximum atomic E-state index is 10.4. The number of ether oxygens (including phenoxy) is 1. The predicted octanol–water partition coefficient (Wildman–Crippen LogP) is 1.00. The number of aliphatic carboxylic acids is 1. The van der Waals surface area contributed by atoms with Gasteiger partial charge in [0, 0.05) is 6.07 Å². The molecule has 6 heteroatoms. The maximum absolute atomic E-state index is 10.4. The highest BCUT2D eigenvalue weighted by atomic mass is 35.5. The van der Waals surface area contributed by atoms with Crippen LogP contribution in [0.2, 0.25) is 5.02 Å². The normalized spacial score (nSPS) is 11.6. The SMILES string of the molecule is N#Cc1ccc(OCC(N)C(=O)O)cc1Cl. The molecule has 0 heterocycles. The average Bonchev–Trinajstić information content (AvgIpc) is 2.25. The van der Waals surface area contributed by atoms with Gasteiger partial charge in [0.05, 0.1) is 10.6 Å². The minimum atomic E-state index is -1.14. The summed E-state index contributed by atoms with van der Waals surface area (Å²) in [5.74, 6) is -0.763. The number of carboxylic acids is 1. The van der Waals surface area contributed by atoms with Gasteiger partial charge < -0.3 is 15.6 Å². The van der Waals surface area contributed by atoms with Crippen LogP contribution in [0.25, 0.3) is 0 Å². The van der Waals surface area contributed by atoms with Gasteiger partial charge >= 0.3 is 5.97 Å². The fraction of sp³-hybridized carbons (Fsp3) is 0.200. The molecule has 0 radical (unpaired) electrons. The molecule has 1 aromatic rings. The van der Waals surface area contributed by atoms with E-state index in [1.807, 2.05) is 6.07 Å². The lowest BCUT2D eigenvalue weighted by atomic mass is 10.2. The Morgan fingerprint density at radius 2 is 2.38 bits per heavy atom. The summed E-state index contributed by atoms with van der Waals surface area (Å²) in [6.07, 6.45) is 0. The van der Waals surface area contributed by atoms with Crippen molar-refractivity contribution < 1.29 is 14.6 Å². The molecule has 16 heavy (non-hydrogen) atoms. The molecule has 84 valence electrons. The van der Waals surface area contributed by atoms with Crippen molar-refractivity contribution in [3.63, 3.8) is 0 Å².